The van der Waals surface area contributed by atoms with E-state index in [0.29, 0.717) is 6.54 Å². The van der Waals surface area contributed by atoms with Gasteiger partial charge in [0.25, 0.3) is 0 Å². The third kappa shape index (κ3) is 7.76. The van der Waals surface area contributed by atoms with Crippen LogP contribution in [0.3, 0.4) is 0 Å². The molecule has 0 heterocycles. The molecule has 1 aliphatic carbocycles. The molecule has 2 unspecified atom stereocenters. The highest BCUT2D eigenvalue weighted by Crippen LogP contribution is 2.27. The molecule has 1 aromatic carbocycles. The van der Waals surface area contributed by atoms with Crippen LogP contribution in [0.25, 0.3) is 0 Å². The summed E-state index contributed by atoms with van der Waals surface area (Å²) >= 11 is 0. The molecule has 2 N–H and O–H groups in total. The second-order valence-corrected chi connectivity index (χ2v) is 10.1. The van der Waals surface area contributed by atoms with Gasteiger partial charge in [-0.1, -0.05) is 43.0 Å². The Bertz CT molecular complexity index is 840. The van der Waals surface area contributed by atoms with Crippen molar-refractivity contribution in [1.82, 2.24) is 15.5 Å². The van der Waals surface area contributed by atoms with E-state index >= 15 is 0 Å². The zero-order valence-corrected chi connectivity index (χ0v) is 21.3. The summed E-state index contributed by atoms with van der Waals surface area (Å²) in [6, 6.07) is 4.47. The molecular weight excluding hydrogens is 418 g/mol. The number of hydrogen-bond acceptors (Lipinski definition) is 4. The van der Waals surface area contributed by atoms with E-state index in [1.54, 1.807) is 32.6 Å². The smallest absolute Gasteiger partial charge is 0.408 e. The Balaban J connectivity index is 2.32. The summed E-state index contributed by atoms with van der Waals surface area (Å²) < 4.78 is 5.30. The first kappa shape index (κ1) is 26.7. The van der Waals surface area contributed by atoms with Crippen molar-refractivity contribution in [3.8, 4) is 0 Å². The number of benzene rings is 1. The molecule has 0 radical (unpaired) electrons. The Morgan fingerprint density at radius 3 is 2.33 bits per heavy atom. The lowest BCUT2D eigenvalue weighted by Crippen LogP contribution is -2.53. The highest BCUT2D eigenvalue weighted by Gasteiger charge is 2.35. The number of rotatable bonds is 7. The molecule has 0 saturated heterocycles. The number of nitrogens with one attached hydrogen (secondary N) is 2. The van der Waals surface area contributed by atoms with Crippen LogP contribution in [0.15, 0.2) is 18.2 Å². The Morgan fingerprint density at radius 2 is 1.76 bits per heavy atom. The first-order valence-corrected chi connectivity index (χ1v) is 12.1. The van der Waals surface area contributed by atoms with Crippen LogP contribution in [-0.2, 0) is 14.3 Å². The minimum Gasteiger partial charge on any atom is -0.444 e. The van der Waals surface area contributed by atoms with Crippen molar-refractivity contribution >= 4 is 17.9 Å². The maximum Gasteiger partial charge on any atom is 0.408 e. The van der Waals surface area contributed by atoms with Crippen LogP contribution < -0.4 is 10.6 Å². The van der Waals surface area contributed by atoms with E-state index in [1.165, 1.54) is 6.42 Å². The fourth-order valence-electron chi connectivity index (χ4n) is 4.29. The fraction of sp³-hybridized carbons (Fsp3) is 0.654. The first-order valence-electron chi connectivity index (χ1n) is 12.1. The summed E-state index contributed by atoms with van der Waals surface area (Å²) in [6.07, 6.45) is 4.66. The molecule has 0 aliphatic heterocycles. The fourth-order valence-corrected chi connectivity index (χ4v) is 4.29. The number of ether oxygens (including phenoxy) is 1. The SMILES string of the molecule is CCN(C(=O)C(C)NC(=O)OC(C)(C)C)C(C(=O)NC1CCCCC1)c1cc(C)ccc1C. The maximum atomic E-state index is 13.6. The van der Waals surface area contributed by atoms with E-state index in [1.807, 2.05) is 39.0 Å². The predicted octanol–water partition coefficient (Wildman–Crippen LogP) is 4.56. The van der Waals surface area contributed by atoms with Crippen molar-refractivity contribution in [3.63, 3.8) is 0 Å². The molecule has 7 nitrogen and oxygen atoms in total. The Labute approximate surface area is 198 Å². The molecule has 1 aromatic rings. The molecule has 184 valence electrons. The van der Waals surface area contributed by atoms with Gasteiger partial charge >= 0.3 is 6.09 Å². The Kier molecular flexibility index (Phi) is 9.32. The molecule has 0 spiro atoms. The molecule has 3 amide bonds. The van der Waals surface area contributed by atoms with Crippen LogP contribution in [0.2, 0.25) is 0 Å². The van der Waals surface area contributed by atoms with E-state index < -0.39 is 23.8 Å². The van der Waals surface area contributed by atoms with Crippen molar-refractivity contribution < 1.29 is 19.1 Å². The van der Waals surface area contributed by atoms with Crippen LogP contribution in [0.5, 0.6) is 0 Å². The summed E-state index contributed by atoms with van der Waals surface area (Å²) in [5.74, 6) is -0.497. The Morgan fingerprint density at radius 1 is 1.12 bits per heavy atom. The molecule has 2 atom stereocenters. The lowest BCUT2D eigenvalue weighted by atomic mass is 9.93. The van der Waals surface area contributed by atoms with Crippen LogP contribution in [-0.4, -0.2) is 47.0 Å². The second-order valence-electron chi connectivity index (χ2n) is 10.1. The van der Waals surface area contributed by atoms with Gasteiger partial charge < -0.3 is 20.3 Å². The number of carbonyl (C=O) groups is 3. The molecule has 7 heteroatoms. The van der Waals surface area contributed by atoms with Gasteiger partial charge in [-0.05, 0) is 72.4 Å². The highest BCUT2D eigenvalue weighted by atomic mass is 16.6. The van der Waals surface area contributed by atoms with Crippen molar-refractivity contribution in [3.05, 3.63) is 34.9 Å². The minimum atomic E-state index is -0.838. The number of hydrogen-bond donors (Lipinski definition) is 2. The summed E-state index contributed by atoms with van der Waals surface area (Å²) in [7, 11) is 0. The average Bonchev–Trinajstić information content (AvgIpc) is 2.72. The van der Waals surface area contributed by atoms with E-state index in [0.717, 1.165) is 42.4 Å². The molecule has 1 saturated carbocycles. The third-order valence-electron chi connectivity index (χ3n) is 5.97. The van der Waals surface area contributed by atoms with Gasteiger partial charge in [0.1, 0.15) is 17.7 Å². The molecule has 0 bridgehead atoms. The van der Waals surface area contributed by atoms with Crippen molar-refractivity contribution in [1.29, 1.82) is 0 Å². The van der Waals surface area contributed by atoms with E-state index in [-0.39, 0.29) is 17.9 Å². The number of carbonyl (C=O) groups excluding carboxylic acids is 3. The van der Waals surface area contributed by atoms with Gasteiger partial charge in [-0.3, -0.25) is 9.59 Å². The monoisotopic (exact) mass is 459 g/mol. The molecule has 33 heavy (non-hydrogen) atoms. The summed E-state index contributed by atoms with van der Waals surface area (Å²) in [5, 5.41) is 5.82. The molecule has 1 fully saturated rings. The third-order valence-corrected chi connectivity index (χ3v) is 5.97. The zero-order chi connectivity index (χ0) is 24.8. The van der Waals surface area contributed by atoms with Gasteiger partial charge in [0.2, 0.25) is 11.8 Å². The average molecular weight is 460 g/mol. The van der Waals surface area contributed by atoms with E-state index in [4.69, 9.17) is 4.74 Å². The van der Waals surface area contributed by atoms with Gasteiger partial charge in [-0.2, -0.15) is 0 Å². The standard InChI is InChI=1S/C26H41N3O4/c1-8-29(24(31)19(4)27-25(32)33-26(5,6)7)22(21-16-17(2)14-15-18(21)3)23(30)28-20-12-10-9-11-13-20/h14-16,19-20,22H,8-13H2,1-7H3,(H,27,32)(H,28,30). The molecule has 2 rings (SSSR count). The van der Waals surface area contributed by atoms with Gasteiger partial charge in [0.05, 0.1) is 0 Å². The summed E-state index contributed by atoms with van der Waals surface area (Å²) in [4.78, 5) is 40.8. The Hall–Kier alpha value is -2.57. The van der Waals surface area contributed by atoms with Gasteiger partial charge in [-0.25, -0.2) is 4.79 Å². The lowest BCUT2D eigenvalue weighted by Gasteiger charge is -2.35. The second kappa shape index (κ2) is 11.5. The van der Waals surface area contributed by atoms with Crippen LogP contribution in [0, 0.1) is 13.8 Å². The zero-order valence-electron chi connectivity index (χ0n) is 21.3. The van der Waals surface area contributed by atoms with Crippen molar-refractivity contribution in [2.24, 2.45) is 0 Å². The molecular formula is C26H41N3O4. The highest BCUT2D eigenvalue weighted by molar-refractivity contribution is 5.92. The predicted molar refractivity (Wildman–Crippen MR) is 130 cm³/mol. The lowest BCUT2D eigenvalue weighted by molar-refractivity contribution is -0.142. The first-order chi connectivity index (χ1) is 15.4. The van der Waals surface area contributed by atoms with Crippen molar-refractivity contribution in [2.75, 3.05) is 6.54 Å². The summed E-state index contributed by atoms with van der Waals surface area (Å²) in [5.41, 5.74) is 2.11. The number of amides is 3. The number of nitrogens with zero attached hydrogens (tertiary/aromatic N) is 1. The summed E-state index contributed by atoms with van der Waals surface area (Å²) in [6.45, 7) is 13.0. The molecule has 1 aliphatic rings. The van der Waals surface area contributed by atoms with Crippen LogP contribution >= 0.6 is 0 Å². The van der Waals surface area contributed by atoms with Gasteiger partial charge in [0.15, 0.2) is 0 Å². The maximum absolute atomic E-state index is 13.6. The number of aryl methyl sites for hydroxylation is 2. The molecule has 0 aromatic heterocycles. The number of likely N-dealkylation sites (N-methyl/N-ethyl adjacent to an activating group) is 1. The topological polar surface area (TPSA) is 87.7 Å². The van der Waals surface area contributed by atoms with E-state index in [2.05, 4.69) is 10.6 Å². The van der Waals surface area contributed by atoms with Crippen LogP contribution in [0.4, 0.5) is 4.79 Å². The largest absolute Gasteiger partial charge is 0.444 e. The minimum absolute atomic E-state index is 0.130. The normalized spacial score (nSPS) is 16.5. The van der Waals surface area contributed by atoms with Crippen LogP contribution in [0.1, 0.15) is 89.5 Å². The van der Waals surface area contributed by atoms with Crippen molar-refractivity contribution in [2.45, 2.75) is 104 Å². The van der Waals surface area contributed by atoms with Gasteiger partial charge in [-0.15, -0.1) is 0 Å². The number of alkyl carbamates (subject to hydrolysis) is 1. The quantitative estimate of drug-likeness (QED) is 0.626. The van der Waals surface area contributed by atoms with E-state index in [9.17, 15) is 14.4 Å². The van der Waals surface area contributed by atoms with Gasteiger partial charge in [0, 0.05) is 12.6 Å².